The number of nitrogens with one attached hydrogen (secondary N) is 2. The summed E-state index contributed by atoms with van der Waals surface area (Å²) < 4.78 is 22.1. The molecule has 0 aliphatic carbocycles. The molecule has 2 fully saturated rings. The maximum Gasteiger partial charge on any atom is 0.330 e. The highest BCUT2D eigenvalue weighted by molar-refractivity contribution is 7.35. The lowest BCUT2D eigenvalue weighted by molar-refractivity contribution is -0.0218. The van der Waals surface area contributed by atoms with Gasteiger partial charge in [-0.05, 0) is 57.5 Å². The first-order valence-corrected chi connectivity index (χ1v) is 28.8. The molecule has 2 saturated heterocycles. The normalized spacial score (nSPS) is 20.6. The molecule has 6 aromatic rings. The van der Waals surface area contributed by atoms with Gasteiger partial charge >= 0.3 is 11.4 Å². The predicted octanol–water partition coefficient (Wildman–Crippen LogP) is 7.18. The zero-order chi connectivity index (χ0) is 50.3. The number of hydrogen-bond acceptors (Lipinski definition) is 8. The topological polar surface area (TPSA) is 158 Å². The van der Waals surface area contributed by atoms with Crippen LogP contribution in [0.2, 0.25) is 10.1 Å². The van der Waals surface area contributed by atoms with Crippen LogP contribution in [0.3, 0.4) is 0 Å². The first kappa shape index (κ1) is 53.2. The van der Waals surface area contributed by atoms with Crippen LogP contribution in [0.1, 0.15) is 105 Å². The van der Waals surface area contributed by atoms with Crippen LogP contribution in [0, 0.1) is 13.8 Å². The van der Waals surface area contributed by atoms with Crippen LogP contribution in [0.15, 0.2) is 153 Å². The van der Waals surface area contributed by atoms with E-state index >= 15 is 0 Å². The third kappa shape index (κ3) is 11.5. The fourth-order valence-corrected chi connectivity index (χ4v) is 18.3. The first-order valence-electron chi connectivity index (χ1n) is 23.9. The lowest BCUT2D eigenvalue weighted by atomic mass is 10.1. The summed E-state index contributed by atoms with van der Waals surface area (Å²) in [5, 5.41) is 14.6. The van der Waals surface area contributed by atoms with E-state index in [1.54, 1.807) is 20.0 Å². The molecule has 0 spiro atoms. The van der Waals surface area contributed by atoms with Gasteiger partial charge in [-0.1, -0.05) is 177 Å². The molecule has 6 atom stereocenters. The Morgan fingerprint density at radius 2 is 0.957 bits per heavy atom. The van der Waals surface area contributed by atoms with Crippen LogP contribution < -0.4 is 43.2 Å². The molecule has 0 radical (unpaired) electrons. The van der Waals surface area contributed by atoms with Crippen LogP contribution in [-0.4, -0.2) is 64.3 Å². The number of H-pyrrole nitrogens is 2. The minimum Gasteiger partial charge on any atom is -0.402 e. The zero-order valence-electron chi connectivity index (χ0n) is 41.6. The molecule has 8 rings (SSSR count). The summed E-state index contributed by atoms with van der Waals surface area (Å²) in [5.41, 5.74) is -0.797. The van der Waals surface area contributed by atoms with Crippen LogP contribution >= 0.6 is 11.1 Å². The molecule has 2 unspecified atom stereocenters. The molecule has 2 aromatic heterocycles. The number of aromatic amines is 2. The summed E-state index contributed by atoms with van der Waals surface area (Å²) in [4.78, 5) is 51.9. The minimum atomic E-state index is -2.76. The highest BCUT2D eigenvalue weighted by atomic mass is 35.6. The van der Waals surface area contributed by atoms with Gasteiger partial charge in [-0.15, -0.1) is 0 Å². The largest absolute Gasteiger partial charge is 0.402 e. The lowest BCUT2D eigenvalue weighted by Crippen LogP contribution is -2.68. The summed E-state index contributed by atoms with van der Waals surface area (Å²) in [6.07, 6.45) is 3.24. The van der Waals surface area contributed by atoms with E-state index in [2.05, 4.69) is 155 Å². The van der Waals surface area contributed by atoms with Gasteiger partial charge in [0.15, 0.2) is 0 Å². The third-order valence-electron chi connectivity index (χ3n) is 13.2. The number of benzene rings is 4. The van der Waals surface area contributed by atoms with Crippen molar-refractivity contribution < 1.29 is 19.0 Å². The van der Waals surface area contributed by atoms with Gasteiger partial charge in [0.1, 0.15) is 12.5 Å². The number of ether oxygens (including phenoxy) is 2. The van der Waals surface area contributed by atoms with E-state index in [0.29, 0.717) is 30.4 Å². The van der Waals surface area contributed by atoms with Gasteiger partial charge in [-0.2, -0.15) is 11.1 Å². The molecule has 12 nitrogen and oxygen atoms in total. The van der Waals surface area contributed by atoms with Gasteiger partial charge in [-0.3, -0.25) is 28.7 Å². The van der Waals surface area contributed by atoms with Gasteiger partial charge in [0.25, 0.3) is 19.4 Å². The van der Waals surface area contributed by atoms with E-state index in [-0.39, 0.29) is 33.9 Å². The van der Waals surface area contributed by atoms with E-state index in [1.165, 1.54) is 36.1 Å². The summed E-state index contributed by atoms with van der Waals surface area (Å²) >= 11 is 7.21. The Morgan fingerprint density at radius 3 is 1.30 bits per heavy atom. The number of aliphatic hydroxyl groups is 1. The van der Waals surface area contributed by atoms with Crippen LogP contribution in [0.25, 0.3) is 0 Å². The monoisotopic (exact) mass is 992 g/mol. The molecule has 0 bridgehead atoms. The Morgan fingerprint density at radius 1 is 0.594 bits per heavy atom. The fourth-order valence-electron chi connectivity index (χ4n) is 9.50. The van der Waals surface area contributed by atoms with Crippen molar-refractivity contribution in [2.45, 2.75) is 142 Å². The number of rotatable bonds is 10. The minimum absolute atomic E-state index is 0.0667. The summed E-state index contributed by atoms with van der Waals surface area (Å²) in [6.45, 7) is 20.8. The van der Waals surface area contributed by atoms with E-state index in [1.807, 2.05) is 31.2 Å². The Balaban J connectivity index is 0.000000188. The van der Waals surface area contributed by atoms with Crippen molar-refractivity contribution in [2.75, 3.05) is 0 Å². The molecular formula is C54H69ClN4O8Si2. The van der Waals surface area contributed by atoms with Crippen molar-refractivity contribution >= 4 is 47.5 Å². The van der Waals surface area contributed by atoms with Crippen LogP contribution in [0.4, 0.5) is 0 Å². The van der Waals surface area contributed by atoms with E-state index in [9.17, 15) is 24.3 Å². The third-order valence-corrected chi connectivity index (χ3v) is 25.6. The van der Waals surface area contributed by atoms with Gasteiger partial charge in [0.05, 0.1) is 24.4 Å². The molecule has 4 aromatic carbocycles. The number of aromatic nitrogens is 4. The molecule has 4 heterocycles. The molecule has 2 aliphatic rings. The van der Waals surface area contributed by atoms with Crippen molar-refractivity contribution in [1.29, 1.82) is 0 Å². The molecule has 69 heavy (non-hydrogen) atoms. The van der Waals surface area contributed by atoms with Gasteiger partial charge < -0.3 is 19.0 Å². The number of nitrogens with zero attached hydrogens (tertiary/aromatic N) is 2. The van der Waals surface area contributed by atoms with Crippen molar-refractivity contribution in [3.63, 3.8) is 0 Å². The number of halogens is 1. The second-order valence-electron chi connectivity index (χ2n) is 20.0. The molecular weight excluding hydrogens is 924 g/mol. The molecule has 0 saturated carbocycles. The Hall–Kier alpha value is -5.20. The zero-order valence-corrected chi connectivity index (χ0v) is 44.3. The number of aryl methyl sites for hydroxylation is 2. The second kappa shape index (κ2) is 22.3. The highest BCUT2D eigenvalue weighted by Gasteiger charge is 2.54. The van der Waals surface area contributed by atoms with Crippen molar-refractivity contribution in [3.05, 3.63) is 187 Å². The van der Waals surface area contributed by atoms with Crippen molar-refractivity contribution in [1.82, 2.24) is 19.1 Å². The van der Waals surface area contributed by atoms with Crippen LogP contribution in [-0.2, 0) is 13.9 Å². The smallest absolute Gasteiger partial charge is 0.330 e. The predicted molar refractivity (Wildman–Crippen MR) is 282 cm³/mol. The average Bonchev–Trinajstić information content (AvgIpc) is 3.93. The molecule has 368 valence electrons. The summed E-state index contributed by atoms with van der Waals surface area (Å²) in [6, 6.07) is 42.1. The Bertz CT molecular complexity index is 2770. The average molecular weight is 994 g/mol. The summed E-state index contributed by atoms with van der Waals surface area (Å²) in [7, 11) is -4.99. The number of aliphatic hydroxyl groups excluding tert-OH is 1. The van der Waals surface area contributed by atoms with Gasteiger partial charge in [0.2, 0.25) is 7.38 Å². The van der Waals surface area contributed by atoms with Gasteiger partial charge in [0, 0.05) is 36.4 Å². The van der Waals surface area contributed by atoms with E-state index in [0.717, 1.165) is 6.42 Å². The van der Waals surface area contributed by atoms with E-state index in [4.69, 9.17) is 25.0 Å². The molecule has 2 aliphatic heterocycles. The Labute approximate surface area is 412 Å². The quantitative estimate of drug-likeness (QED) is 0.0964. The van der Waals surface area contributed by atoms with Crippen molar-refractivity contribution in [3.8, 4) is 0 Å². The van der Waals surface area contributed by atoms with Crippen molar-refractivity contribution in [2.24, 2.45) is 0 Å². The first-order chi connectivity index (χ1) is 32.7. The summed E-state index contributed by atoms with van der Waals surface area (Å²) in [5.74, 6) is 0. The molecule has 3 N–H and O–H groups in total. The lowest BCUT2D eigenvalue weighted by Gasteiger charge is -2.45. The number of hydrogen-bond donors (Lipinski definition) is 3. The van der Waals surface area contributed by atoms with E-state index < -0.39 is 51.2 Å². The van der Waals surface area contributed by atoms with Crippen LogP contribution in [0.5, 0.6) is 0 Å². The maximum absolute atomic E-state index is 12.6. The highest BCUT2D eigenvalue weighted by Crippen LogP contribution is 2.42. The molecule has 15 heteroatoms. The maximum atomic E-state index is 12.6. The van der Waals surface area contributed by atoms with Gasteiger partial charge in [-0.25, -0.2) is 9.59 Å². The fraction of sp³-hybridized carbons (Fsp3) is 0.407. The SMILES string of the molecule is CC(C)(C)[Si](Cl)(c1ccccc1)c1ccccc1.CC[C@H]1O[C@@H](n2cc(C)c(=O)[nH]c2=O)CC1O.CC[C@H]1O[C@@H](n2cc(C)c(=O)[nH]c2=O)CC1O[Si](c1ccccc1)(c1ccccc1)C(C)(C)C. The molecule has 0 amide bonds. The second-order valence-corrected chi connectivity index (χ2v) is 30.0. The standard InChI is InChI=1S/C27H34N2O4Si.C16H19ClSi.C11H16N2O4/c1-6-22-23(17-24(32-22)29-18-19(2)25(30)28-26(29)31)33-34(27(3,4)5,20-13-9-7-10-14-20)21-15-11-8-12-16-21;1-16(2,3)18(17,14-10-6-4-7-11-14)15-12-8-5-9-13-15;1-3-8-7(14)4-9(17-8)13-5-6(2)10(15)12-11(13)16/h7-16,18,22-24H,6,17H2,1-5H3,(H,28,30,31);4-13H,1-3H3;5,7-9,14H,3-4H2,1-2H3,(H,12,15,16)/t22-,23?,24-;;7?,8-,9-/m1.1/s1. The Kier molecular flexibility index (Phi) is 17.2.